The van der Waals surface area contributed by atoms with Crippen molar-refractivity contribution in [2.75, 3.05) is 0 Å². The normalized spacial score (nSPS) is 11.3. The van der Waals surface area contributed by atoms with E-state index in [0.717, 1.165) is 0 Å². The molecular weight excluding hydrogens is 595 g/mol. The monoisotopic (exact) mass is 626 g/mol. The lowest BCUT2D eigenvalue weighted by atomic mass is 9.94. The summed E-state index contributed by atoms with van der Waals surface area (Å²) in [6.07, 6.45) is 0. The third-order valence-corrected chi connectivity index (χ3v) is 9.41. The fourth-order valence-electron chi connectivity index (χ4n) is 5.14. The van der Waals surface area contributed by atoms with Crippen molar-refractivity contribution in [2.45, 2.75) is 11.4 Å². The average molecular weight is 627 g/mol. The topological polar surface area (TPSA) is 0 Å². The van der Waals surface area contributed by atoms with Gasteiger partial charge in [0.1, 0.15) is 0 Å². The molecule has 0 amide bonds. The summed E-state index contributed by atoms with van der Waals surface area (Å²) >= 11 is 0.141. The van der Waals surface area contributed by atoms with Crippen LogP contribution in [-0.2, 0) is 4.43 Å². The lowest BCUT2D eigenvalue weighted by molar-refractivity contribution is 1.45. The van der Waals surface area contributed by atoms with Crippen molar-refractivity contribution in [3.05, 3.63) is 157 Å². The summed E-state index contributed by atoms with van der Waals surface area (Å²) in [6.45, 7) is 2.18. The maximum atomic E-state index is 2.36. The van der Waals surface area contributed by atoms with Gasteiger partial charge in [-0.15, -0.1) is 20.7 Å². The first-order valence-electron chi connectivity index (χ1n) is 13.7. The quantitative estimate of drug-likeness (QED) is 0.122. The van der Waals surface area contributed by atoms with Gasteiger partial charge in [-0.1, -0.05) is 131 Å². The van der Waals surface area contributed by atoms with Crippen LogP contribution in [0.2, 0.25) is 0 Å². The van der Waals surface area contributed by atoms with Crippen molar-refractivity contribution < 1.29 is 0 Å². The predicted octanol–water partition coefficient (Wildman–Crippen LogP) is 11.3. The lowest BCUT2D eigenvalue weighted by Crippen LogP contribution is -1.86. The fraction of sp³-hybridized carbons (Fsp3) is 0.0513. The summed E-state index contributed by atoms with van der Waals surface area (Å²) in [4.78, 5) is 0. The number of hydrogen-bond donors (Lipinski definition) is 0. The molecule has 0 bridgehead atoms. The highest BCUT2D eigenvalue weighted by Crippen LogP contribution is 2.33. The molecule has 6 rings (SSSR count). The molecule has 0 unspecified atom stereocenters. The molecule has 0 nitrogen and oxygen atoms in total. The fourth-order valence-corrected chi connectivity index (χ4v) is 6.57. The first kappa shape index (κ1) is 26.2. The van der Waals surface area contributed by atoms with Crippen molar-refractivity contribution >= 4 is 24.7 Å². The van der Waals surface area contributed by atoms with E-state index in [2.05, 4.69) is 163 Å². The highest BCUT2D eigenvalue weighted by atomic mass is 127. The van der Waals surface area contributed by atoms with Gasteiger partial charge in [-0.2, -0.15) is 0 Å². The molecule has 0 atom stereocenters. The highest BCUT2D eigenvalue weighted by Gasteiger charge is 2.07. The summed E-state index contributed by atoms with van der Waals surface area (Å²) in [7, 11) is 0. The van der Waals surface area contributed by atoms with Gasteiger partial charge >= 0.3 is 0 Å². The third-order valence-electron chi connectivity index (χ3n) is 7.20. The van der Waals surface area contributed by atoms with Crippen molar-refractivity contribution in [3.8, 4) is 55.6 Å². The maximum Gasteiger partial charge on any atom is 0.0196 e. The standard InChI is InChI=1S/C39H31I/c1-2-40-28-29-11-6-14-31(23-29)33-16-8-18-35(25-33)37-20-10-22-39(27-37)38-21-9-19-36(26-38)34-17-7-15-32(24-34)30-12-4-3-5-13-30/h2-27H,28H2,1H3. The van der Waals surface area contributed by atoms with E-state index in [-0.39, 0.29) is 20.7 Å². The molecule has 6 aromatic rings. The molecule has 194 valence electrons. The Balaban J connectivity index is 1.30. The van der Waals surface area contributed by atoms with Gasteiger partial charge in [0.25, 0.3) is 0 Å². The van der Waals surface area contributed by atoms with E-state index < -0.39 is 0 Å². The van der Waals surface area contributed by atoms with Crippen LogP contribution in [0.4, 0.5) is 0 Å². The van der Waals surface area contributed by atoms with Crippen LogP contribution in [-0.4, -0.2) is 4.01 Å². The van der Waals surface area contributed by atoms with Crippen LogP contribution in [0.3, 0.4) is 0 Å². The maximum absolute atomic E-state index is 2.36. The average Bonchev–Trinajstić information content (AvgIpc) is 3.04. The molecule has 0 heterocycles. The Morgan fingerprint density at radius 3 is 1.10 bits per heavy atom. The SMILES string of the molecule is CC=ICc1cccc(-c2cccc(-c3cccc(-c4cccc(-c5cccc(-c6ccccc6)c5)c4)c3)c2)c1. The minimum Gasteiger partial charge on any atom is -0.123 e. The van der Waals surface area contributed by atoms with E-state index in [1.807, 2.05) is 0 Å². The molecule has 0 saturated carbocycles. The molecule has 0 spiro atoms. The molecule has 0 aliphatic carbocycles. The summed E-state index contributed by atoms with van der Waals surface area (Å²) < 4.78 is 3.54. The van der Waals surface area contributed by atoms with Crippen LogP contribution in [0.15, 0.2) is 152 Å². The van der Waals surface area contributed by atoms with Gasteiger partial charge in [-0.25, -0.2) is 0 Å². The van der Waals surface area contributed by atoms with Gasteiger partial charge in [-0.05, 0) is 92.4 Å². The molecular formula is C39H31I. The van der Waals surface area contributed by atoms with Crippen LogP contribution in [0, 0.1) is 0 Å². The second-order valence-electron chi connectivity index (χ2n) is 9.90. The summed E-state index contributed by atoms with van der Waals surface area (Å²) in [6, 6.07) is 55.2. The smallest absolute Gasteiger partial charge is 0.0196 e. The van der Waals surface area contributed by atoms with Crippen molar-refractivity contribution in [3.63, 3.8) is 0 Å². The van der Waals surface area contributed by atoms with E-state index in [9.17, 15) is 0 Å². The lowest BCUT2D eigenvalue weighted by Gasteiger charge is -2.11. The Kier molecular flexibility index (Phi) is 8.11. The second kappa shape index (κ2) is 12.4. The van der Waals surface area contributed by atoms with E-state index >= 15 is 0 Å². The Bertz CT molecular complexity index is 1780. The van der Waals surface area contributed by atoms with E-state index in [1.54, 1.807) is 0 Å². The van der Waals surface area contributed by atoms with Gasteiger partial charge in [0.15, 0.2) is 0 Å². The first-order chi connectivity index (χ1) is 19.8. The van der Waals surface area contributed by atoms with Crippen LogP contribution in [0.1, 0.15) is 12.5 Å². The summed E-state index contributed by atoms with van der Waals surface area (Å²) in [5.74, 6) is 0. The molecule has 0 N–H and O–H groups in total. The van der Waals surface area contributed by atoms with Gasteiger partial charge in [0.2, 0.25) is 0 Å². The summed E-state index contributed by atoms with van der Waals surface area (Å²) in [5.41, 5.74) is 13.9. The summed E-state index contributed by atoms with van der Waals surface area (Å²) in [5, 5.41) is 0. The molecule has 0 aliphatic rings. The number of halogens is 1. The zero-order chi connectivity index (χ0) is 27.1. The molecule has 6 aromatic carbocycles. The zero-order valence-corrected chi connectivity index (χ0v) is 24.8. The van der Waals surface area contributed by atoms with Gasteiger partial charge in [0, 0.05) is 4.43 Å². The van der Waals surface area contributed by atoms with Crippen molar-refractivity contribution in [1.29, 1.82) is 0 Å². The Labute approximate surface area is 247 Å². The Hall–Kier alpha value is -4.08. The molecule has 40 heavy (non-hydrogen) atoms. The number of rotatable bonds is 7. The minimum atomic E-state index is 0.141. The van der Waals surface area contributed by atoms with Crippen molar-refractivity contribution in [2.24, 2.45) is 0 Å². The first-order valence-corrected chi connectivity index (χ1v) is 16.5. The largest absolute Gasteiger partial charge is 0.123 e. The van der Waals surface area contributed by atoms with Crippen LogP contribution in [0.25, 0.3) is 55.6 Å². The highest BCUT2D eigenvalue weighted by molar-refractivity contribution is 14.2. The van der Waals surface area contributed by atoms with Crippen molar-refractivity contribution in [1.82, 2.24) is 0 Å². The van der Waals surface area contributed by atoms with Crippen LogP contribution < -0.4 is 0 Å². The number of benzene rings is 6. The van der Waals surface area contributed by atoms with E-state index in [1.165, 1.54) is 65.6 Å². The van der Waals surface area contributed by atoms with E-state index in [0.29, 0.717) is 0 Å². The number of alkyl halides is 1. The van der Waals surface area contributed by atoms with Gasteiger partial charge in [-0.3, -0.25) is 0 Å². The van der Waals surface area contributed by atoms with Gasteiger partial charge < -0.3 is 0 Å². The van der Waals surface area contributed by atoms with Gasteiger partial charge in [0.05, 0.1) is 0 Å². The second-order valence-corrected chi connectivity index (χ2v) is 12.8. The van der Waals surface area contributed by atoms with Crippen LogP contribution >= 0.6 is 20.7 Å². The molecule has 0 aliphatic heterocycles. The molecule has 1 heteroatoms. The van der Waals surface area contributed by atoms with Crippen LogP contribution in [0.5, 0.6) is 0 Å². The number of hydrogen-bond acceptors (Lipinski definition) is 0. The zero-order valence-electron chi connectivity index (χ0n) is 22.6. The molecule has 0 saturated heterocycles. The molecule has 0 fully saturated rings. The van der Waals surface area contributed by atoms with E-state index in [4.69, 9.17) is 0 Å². The molecule has 0 radical (unpaired) electrons. The predicted molar refractivity (Wildman–Crippen MR) is 183 cm³/mol. The Morgan fingerprint density at radius 2 is 0.700 bits per heavy atom. The minimum absolute atomic E-state index is 0.141. The third kappa shape index (κ3) is 6.05. The molecule has 0 aromatic heterocycles. The Morgan fingerprint density at radius 1 is 0.375 bits per heavy atom.